The molecule has 3 heterocycles. The topological polar surface area (TPSA) is 64.2 Å². The first-order valence-electron chi connectivity index (χ1n) is 10.0. The lowest BCUT2D eigenvalue weighted by atomic mass is 9.90. The SMILES string of the molecule is CC(Sc1nnc(-c2ccco2)n1C)C(=O)N1CCC(Cc2ccccc2)CC1. The van der Waals surface area contributed by atoms with E-state index in [1.165, 1.54) is 17.3 Å². The molecule has 3 aromatic rings. The highest BCUT2D eigenvalue weighted by Crippen LogP contribution is 2.28. The van der Waals surface area contributed by atoms with E-state index in [2.05, 4.69) is 40.5 Å². The molecule has 1 atom stereocenters. The third-order valence-electron chi connectivity index (χ3n) is 5.50. The molecule has 4 rings (SSSR count). The van der Waals surface area contributed by atoms with Crippen LogP contribution in [0.2, 0.25) is 0 Å². The van der Waals surface area contributed by atoms with Gasteiger partial charge < -0.3 is 13.9 Å². The van der Waals surface area contributed by atoms with E-state index >= 15 is 0 Å². The predicted molar refractivity (Wildman–Crippen MR) is 113 cm³/mol. The van der Waals surface area contributed by atoms with Crippen LogP contribution >= 0.6 is 11.8 Å². The number of hydrogen-bond donors (Lipinski definition) is 0. The molecular weight excluding hydrogens is 384 g/mol. The highest BCUT2D eigenvalue weighted by atomic mass is 32.2. The molecule has 0 radical (unpaired) electrons. The van der Waals surface area contributed by atoms with Crippen LogP contribution in [0.3, 0.4) is 0 Å². The van der Waals surface area contributed by atoms with Crippen LogP contribution in [0.1, 0.15) is 25.3 Å². The maximum Gasteiger partial charge on any atom is 0.235 e. The van der Waals surface area contributed by atoms with Crippen LogP contribution in [-0.2, 0) is 18.3 Å². The van der Waals surface area contributed by atoms with Gasteiger partial charge in [0.25, 0.3) is 0 Å². The first kappa shape index (κ1) is 19.8. The number of thioether (sulfide) groups is 1. The van der Waals surface area contributed by atoms with Crippen molar-refractivity contribution in [3.63, 3.8) is 0 Å². The maximum atomic E-state index is 12.9. The van der Waals surface area contributed by atoms with Gasteiger partial charge in [-0.1, -0.05) is 42.1 Å². The third kappa shape index (κ3) is 4.56. The molecule has 152 valence electrons. The summed E-state index contributed by atoms with van der Waals surface area (Å²) in [5.41, 5.74) is 1.39. The first-order valence-corrected chi connectivity index (χ1v) is 10.9. The van der Waals surface area contributed by atoms with Crippen molar-refractivity contribution in [1.29, 1.82) is 0 Å². The van der Waals surface area contributed by atoms with Crippen molar-refractivity contribution in [2.45, 2.75) is 36.6 Å². The zero-order valence-electron chi connectivity index (χ0n) is 16.8. The molecule has 0 aliphatic carbocycles. The summed E-state index contributed by atoms with van der Waals surface area (Å²) in [5, 5.41) is 8.97. The standard InChI is InChI=1S/C22H26N4O2S/c1-16(29-22-24-23-20(25(22)2)19-9-6-14-28-19)21(27)26-12-10-18(11-13-26)15-17-7-4-3-5-8-17/h3-9,14,16,18H,10-13,15H2,1-2H3. The number of nitrogens with zero attached hydrogens (tertiary/aromatic N) is 4. The van der Waals surface area contributed by atoms with E-state index in [9.17, 15) is 4.79 Å². The molecule has 2 aromatic heterocycles. The summed E-state index contributed by atoms with van der Waals surface area (Å²) in [6.45, 7) is 3.61. The van der Waals surface area contributed by atoms with Gasteiger partial charge in [-0.3, -0.25) is 4.79 Å². The Morgan fingerprint density at radius 1 is 1.17 bits per heavy atom. The van der Waals surface area contributed by atoms with Gasteiger partial charge in [0.15, 0.2) is 16.7 Å². The summed E-state index contributed by atoms with van der Waals surface area (Å²) >= 11 is 1.45. The fraction of sp³-hybridized carbons (Fsp3) is 0.409. The van der Waals surface area contributed by atoms with Crippen molar-refractivity contribution in [2.75, 3.05) is 13.1 Å². The molecule has 0 N–H and O–H groups in total. The molecule has 1 aromatic carbocycles. The minimum atomic E-state index is -0.201. The van der Waals surface area contributed by atoms with Crippen LogP contribution in [0, 0.1) is 5.92 Å². The Balaban J connectivity index is 1.31. The molecule has 1 saturated heterocycles. The number of rotatable bonds is 6. The van der Waals surface area contributed by atoms with E-state index in [0.29, 0.717) is 17.5 Å². The average molecular weight is 411 g/mol. The Bertz CT molecular complexity index is 931. The van der Waals surface area contributed by atoms with E-state index in [4.69, 9.17) is 4.42 Å². The van der Waals surface area contributed by atoms with Crippen LogP contribution in [0.25, 0.3) is 11.6 Å². The van der Waals surface area contributed by atoms with Gasteiger partial charge in [0.2, 0.25) is 5.91 Å². The summed E-state index contributed by atoms with van der Waals surface area (Å²) in [4.78, 5) is 14.9. The van der Waals surface area contributed by atoms with Crippen molar-refractivity contribution in [3.05, 3.63) is 54.3 Å². The zero-order chi connectivity index (χ0) is 20.2. The number of carbonyl (C=O) groups is 1. The van der Waals surface area contributed by atoms with Crippen molar-refractivity contribution in [3.8, 4) is 11.6 Å². The number of furan rings is 1. The first-order chi connectivity index (χ1) is 14.1. The second-order valence-electron chi connectivity index (χ2n) is 7.56. The predicted octanol–water partition coefficient (Wildman–Crippen LogP) is 4.04. The zero-order valence-corrected chi connectivity index (χ0v) is 17.6. The Labute approximate surface area is 175 Å². The smallest absolute Gasteiger partial charge is 0.235 e. The number of aromatic nitrogens is 3. The Hall–Kier alpha value is -2.54. The fourth-order valence-corrected chi connectivity index (χ4v) is 4.71. The molecule has 1 amide bonds. The minimum Gasteiger partial charge on any atom is -0.461 e. The van der Waals surface area contributed by atoms with Crippen molar-refractivity contribution in [2.24, 2.45) is 13.0 Å². The molecule has 29 heavy (non-hydrogen) atoms. The van der Waals surface area contributed by atoms with Crippen LogP contribution in [0.5, 0.6) is 0 Å². The van der Waals surface area contributed by atoms with E-state index in [1.807, 2.05) is 35.6 Å². The average Bonchev–Trinajstić information content (AvgIpc) is 3.39. The van der Waals surface area contributed by atoms with E-state index in [0.717, 1.165) is 37.5 Å². The fourth-order valence-electron chi connectivity index (χ4n) is 3.81. The number of amides is 1. The minimum absolute atomic E-state index is 0.177. The molecule has 0 bridgehead atoms. The lowest BCUT2D eigenvalue weighted by Crippen LogP contribution is -2.42. The molecular formula is C22H26N4O2S. The number of carbonyl (C=O) groups excluding carboxylic acids is 1. The van der Waals surface area contributed by atoms with Crippen LogP contribution < -0.4 is 0 Å². The van der Waals surface area contributed by atoms with E-state index in [1.54, 1.807) is 6.26 Å². The molecule has 6 nitrogen and oxygen atoms in total. The largest absolute Gasteiger partial charge is 0.461 e. The van der Waals surface area contributed by atoms with Crippen molar-refractivity contribution < 1.29 is 9.21 Å². The van der Waals surface area contributed by atoms with Crippen LogP contribution in [0.4, 0.5) is 0 Å². The van der Waals surface area contributed by atoms with Gasteiger partial charge in [0.1, 0.15) is 0 Å². The normalized spacial score (nSPS) is 16.1. The monoisotopic (exact) mass is 410 g/mol. The molecule has 0 spiro atoms. The highest BCUT2D eigenvalue weighted by Gasteiger charge is 2.28. The number of likely N-dealkylation sites (tertiary alicyclic amines) is 1. The lowest BCUT2D eigenvalue weighted by Gasteiger charge is -2.33. The van der Waals surface area contributed by atoms with Gasteiger partial charge in [-0.25, -0.2) is 0 Å². The second kappa shape index (κ2) is 8.86. The number of piperidine rings is 1. The quantitative estimate of drug-likeness (QED) is 0.574. The summed E-state index contributed by atoms with van der Waals surface area (Å²) in [5.74, 6) is 2.17. The molecule has 1 aliphatic rings. The Morgan fingerprint density at radius 2 is 1.93 bits per heavy atom. The molecule has 7 heteroatoms. The maximum absolute atomic E-state index is 12.9. The van der Waals surface area contributed by atoms with E-state index < -0.39 is 0 Å². The van der Waals surface area contributed by atoms with Crippen LogP contribution in [-0.4, -0.2) is 43.9 Å². The Kier molecular flexibility index (Phi) is 6.04. The number of hydrogen-bond acceptors (Lipinski definition) is 5. The molecule has 1 aliphatic heterocycles. The van der Waals surface area contributed by atoms with Gasteiger partial charge in [-0.2, -0.15) is 0 Å². The summed E-state index contributed by atoms with van der Waals surface area (Å²) in [6, 6.07) is 14.3. The van der Waals surface area contributed by atoms with Crippen molar-refractivity contribution >= 4 is 17.7 Å². The van der Waals surface area contributed by atoms with Gasteiger partial charge in [0, 0.05) is 20.1 Å². The lowest BCUT2D eigenvalue weighted by molar-refractivity contribution is -0.131. The van der Waals surface area contributed by atoms with Gasteiger partial charge in [0.05, 0.1) is 11.5 Å². The summed E-state index contributed by atoms with van der Waals surface area (Å²) < 4.78 is 7.28. The van der Waals surface area contributed by atoms with Gasteiger partial charge in [-0.15, -0.1) is 10.2 Å². The second-order valence-corrected chi connectivity index (χ2v) is 8.87. The third-order valence-corrected chi connectivity index (χ3v) is 6.62. The van der Waals surface area contributed by atoms with Gasteiger partial charge >= 0.3 is 0 Å². The van der Waals surface area contributed by atoms with Crippen LogP contribution in [0.15, 0.2) is 58.3 Å². The molecule has 1 unspecified atom stereocenters. The summed E-state index contributed by atoms with van der Waals surface area (Å²) in [6.07, 6.45) is 4.83. The van der Waals surface area contributed by atoms with E-state index in [-0.39, 0.29) is 11.2 Å². The summed E-state index contributed by atoms with van der Waals surface area (Å²) in [7, 11) is 1.90. The van der Waals surface area contributed by atoms with Gasteiger partial charge in [-0.05, 0) is 49.8 Å². The molecule has 0 saturated carbocycles. The Morgan fingerprint density at radius 3 is 2.62 bits per heavy atom. The highest BCUT2D eigenvalue weighted by molar-refractivity contribution is 8.00. The molecule has 1 fully saturated rings. The number of benzene rings is 1. The van der Waals surface area contributed by atoms with Crippen molar-refractivity contribution in [1.82, 2.24) is 19.7 Å².